The molecule has 3 amide bonds. The van der Waals surface area contributed by atoms with Crippen LogP contribution in [0.15, 0.2) is 79.9 Å². The van der Waals surface area contributed by atoms with Crippen LogP contribution in [0.2, 0.25) is 0 Å². The first-order valence-electron chi connectivity index (χ1n) is 17.6. The van der Waals surface area contributed by atoms with Gasteiger partial charge in [0.15, 0.2) is 0 Å². The van der Waals surface area contributed by atoms with E-state index in [1.807, 2.05) is 47.4 Å². The molecule has 3 saturated heterocycles. The Balaban J connectivity index is 1.54. The lowest BCUT2D eigenvalue weighted by atomic mass is 9.65. The lowest BCUT2D eigenvalue weighted by molar-refractivity contribution is -0.139. The third-order valence-electron chi connectivity index (χ3n) is 10.6. The Labute approximate surface area is 290 Å². The fourth-order valence-corrected chi connectivity index (χ4v) is 10.7. The molecule has 3 unspecified atom stereocenters. The van der Waals surface area contributed by atoms with Gasteiger partial charge in [0.25, 0.3) is 5.91 Å². The van der Waals surface area contributed by atoms with E-state index in [1.165, 1.54) is 0 Å². The van der Waals surface area contributed by atoms with E-state index < -0.39 is 22.6 Å². The molecule has 258 valence electrons. The molecule has 2 bridgehead atoms. The predicted molar refractivity (Wildman–Crippen MR) is 197 cm³/mol. The number of unbranched alkanes of at least 4 members (excludes halogenated alkanes) is 3. The average molecular weight is 673 g/mol. The number of rotatable bonds is 17. The number of aliphatic hydroxyl groups excluding tert-OH is 1. The van der Waals surface area contributed by atoms with Crippen molar-refractivity contribution in [2.24, 2.45) is 17.8 Å². The van der Waals surface area contributed by atoms with Crippen molar-refractivity contribution in [1.82, 2.24) is 4.90 Å². The van der Waals surface area contributed by atoms with Crippen LogP contribution < -0.4 is 14.7 Å². The zero-order chi connectivity index (χ0) is 34.4. The Morgan fingerprint density at radius 3 is 2.08 bits per heavy atom. The minimum Gasteiger partial charge on any atom is -0.396 e. The molecular weight excluding hydrogens is 621 g/mol. The van der Waals surface area contributed by atoms with Crippen molar-refractivity contribution in [2.45, 2.75) is 68.9 Å². The van der Waals surface area contributed by atoms with Gasteiger partial charge in [-0.3, -0.25) is 14.4 Å². The predicted octanol–water partition coefficient (Wildman–Crippen LogP) is 6.16. The van der Waals surface area contributed by atoms with E-state index >= 15 is 4.79 Å². The Morgan fingerprint density at radius 1 is 0.896 bits per heavy atom. The number of aliphatic hydroxyl groups is 1. The van der Waals surface area contributed by atoms with Crippen molar-refractivity contribution < 1.29 is 19.5 Å². The summed E-state index contributed by atoms with van der Waals surface area (Å²) in [5, 5.41) is 9.26. The zero-order valence-electron chi connectivity index (χ0n) is 28.8. The van der Waals surface area contributed by atoms with E-state index in [9.17, 15) is 14.7 Å². The first kappa shape index (κ1) is 35.7. The number of hydrogen-bond donors (Lipinski definition) is 1. The summed E-state index contributed by atoms with van der Waals surface area (Å²) in [6.45, 7) is 17.3. The Hall–Kier alpha value is -3.56. The molecule has 3 fully saturated rings. The second kappa shape index (κ2) is 15.8. The summed E-state index contributed by atoms with van der Waals surface area (Å²) in [6, 6.07) is 17.0. The number of anilines is 3. The third kappa shape index (κ3) is 6.43. The highest BCUT2D eigenvalue weighted by Gasteiger charge is 2.76. The Bertz CT molecular complexity index is 1450. The van der Waals surface area contributed by atoms with Gasteiger partial charge in [-0.2, -0.15) is 0 Å². The molecule has 0 radical (unpaired) electrons. The number of carbonyl (C=O) groups is 3. The van der Waals surface area contributed by atoms with E-state index in [2.05, 4.69) is 51.0 Å². The number of likely N-dealkylation sites (tertiary alicyclic amines) is 1. The Morgan fingerprint density at radius 2 is 1.48 bits per heavy atom. The normalized spacial score (nSPS) is 25.5. The fourth-order valence-electron chi connectivity index (χ4n) is 8.34. The van der Waals surface area contributed by atoms with Gasteiger partial charge in [0.05, 0.1) is 16.6 Å². The highest BCUT2D eigenvalue weighted by molar-refractivity contribution is 8.02. The van der Waals surface area contributed by atoms with Gasteiger partial charge in [0.2, 0.25) is 11.8 Å². The number of thioether (sulfide) groups is 1. The van der Waals surface area contributed by atoms with Crippen LogP contribution in [-0.4, -0.2) is 83.1 Å². The van der Waals surface area contributed by atoms with Crippen LogP contribution in [0.3, 0.4) is 0 Å². The van der Waals surface area contributed by atoms with E-state index in [0.29, 0.717) is 26.1 Å². The molecule has 3 aliphatic heterocycles. The summed E-state index contributed by atoms with van der Waals surface area (Å²) < 4.78 is -0.721. The second-order valence-electron chi connectivity index (χ2n) is 13.2. The van der Waals surface area contributed by atoms with E-state index in [4.69, 9.17) is 0 Å². The summed E-state index contributed by atoms with van der Waals surface area (Å²) in [5.41, 5.74) is 2.64. The molecule has 5 rings (SSSR count). The van der Waals surface area contributed by atoms with Crippen LogP contribution in [0, 0.1) is 17.8 Å². The van der Waals surface area contributed by atoms with Crippen molar-refractivity contribution in [2.75, 3.05) is 54.0 Å². The summed E-state index contributed by atoms with van der Waals surface area (Å²) >= 11 is 1.71. The third-order valence-corrected chi connectivity index (χ3v) is 12.7. The van der Waals surface area contributed by atoms with Gasteiger partial charge in [-0.1, -0.05) is 50.1 Å². The van der Waals surface area contributed by atoms with Gasteiger partial charge in [-0.05, 0) is 75.4 Å². The molecule has 9 heteroatoms. The minimum atomic E-state index is -0.721. The van der Waals surface area contributed by atoms with Gasteiger partial charge in [0.1, 0.15) is 6.04 Å². The highest BCUT2D eigenvalue weighted by Crippen LogP contribution is 2.69. The number of fused-ring (bicyclic) bond motifs is 1. The Kier molecular flexibility index (Phi) is 11.7. The van der Waals surface area contributed by atoms with Crippen LogP contribution in [0.4, 0.5) is 17.1 Å². The number of amides is 3. The molecule has 0 saturated carbocycles. The fraction of sp³-hybridized carbons (Fsp3) is 0.513. The summed E-state index contributed by atoms with van der Waals surface area (Å²) in [6.07, 6.45) is 7.38. The SMILES string of the molecule is C=CCN(C(=O)C1N(CCCCCCO)C(=O)[C@@H]2[C@@H](C(=O)N(CC=C)c3ccccc3)[C@H]3CC(C)C12S3)c1ccc(N(CC)CC)cc1. The molecule has 6 atom stereocenters. The van der Waals surface area contributed by atoms with E-state index in [-0.39, 0.29) is 35.5 Å². The molecule has 3 aliphatic rings. The van der Waals surface area contributed by atoms with Gasteiger partial charge >= 0.3 is 0 Å². The first-order valence-corrected chi connectivity index (χ1v) is 18.5. The maximum Gasteiger partial charge on any atom is 0.251 e. The van der Waals surface area contributed by atoms with Gasteiger partial charge in [0, 0.05) is 61.6 Å². The quantitative estimate of drug-likeness (QED) is 0.160. The molecule has 8 nitrogen and oxygen atoms in total. The maximum absolute atomic E-state index is 15.1. The van der Waals surface area contributed by atoms with Gasteiger partial charge < -0.3 is 24.7 Å². The molecule has 1 N–H and O–H groups in total. The van der Waals surface area contributed by atoms with Crippen molar-refractivity contribution >= 4 is 46.5 Å². The molecule has 0 aliphatic carbocycles. The van der Waals surface area contributed by atoms with Crippen LogP contribution in [-0.2, 0) is 14.4 Å². The number of benzene rings is 2. The lowest BCUT2D eigenvalue weighted by Gasteiger charge is -2.41. The molecular formula is C39H52N4O4S. The molecule has 0 aromatic heterocycles. The van der Waals surface area contributed by atoms with Crippen molar-refractivity contribution in [3.63, 3.8) is 0 Å². The topological polar surface area (TPSA) is 84.4 Å². The summed E-state index contributed by atoms with van der Waals surface area (Å²) in [5.74, 6) is -1.33. The van der Waals surface area contributed by atoms with E-state index in [1.54, 1.807) is 33.7 Å². The molecule has 48 heavy (non-hydrogen) atoms. The van der Waals surface area contributed by atoms with Crippen molar-refractivity contribution in [3.8, 4) is 0 Å². The minimum absolute atomic E-state index is 0.0549. The van der Waals surface area contributed by atoms with E-state index in [0.717, 1.165) is 55.8 Å². The lowest BCUT2D eigenvalue weighted by Crippen LogP contribution is -2.57. The first-order chi connectivity index (χ1) is 23.3. The highest BCUT2D eigenvalue weighted by atomic mass is 32.2. The van der Waals surface area contributed by atoms with Crippen LogP contribution in [0.1, 0.15) is 52.9 Å². The average Bonchev–Trinajstić information content (AvgIpc) is 3.70. The van der Waals surface area contributed by atoms with Crippen LogP contribution in [0.5, 0.6) is 0 Å². The van der Waals surface area contributed by atoms with Gasteiger partial charge in [-0.25, -0.2) is 0 Å². The second-order valence-corrected chi connectivity index (χ2v) is 14.8. The summed E-state index contributed by atoms with van der Waals surface area (Å²) in [7, 11) is 0. The number of hydrogen-bond acceptors (Lipinski definition) is 6. The molecule has 3 heterocycles. The number of carbonyl (C=O) groups excluding carboxylic acids is 3. The number of para-hydroxylation sites is 1. The monoisotopic (exact) mass is 672 g/mol. The van der Waals surface area contributed by atoms with Gasteiger partial charge in [-0.15, -0.1) is 24.9 Å². The zero-order valence-corrected chi connectivity index (χ0v) is 29.6. The van der Waals surface area contributed by atoms with Crippen LogP contribution in [0.25, 0.3) is 0 Å². The summed E-state index contributed by atoms with van der Waals surface area (Å²) in [4.78, 5) is 52.0. The largest absolute Gasteiger partial charge is 0.396 e. The van der Waals surface area contributed by atoms with Crippen LogP contribution >= 0.6 is 11.8 Å². The van der Waals surface area contributed by atoms with Crippen molar-refractivity contribution in [1.29, 1.82) is 0 Å². The standard InChI is InChI=1S/C39H52N4O4S/c1-6-23-41(30-17-13-12-14-18-30)36(45)33-32-27-28(5)39(48-32)34(33)37(46)43(25-15-10-11-16-26-44)35(39)38(47)42(24-7-2)31-21-19-29(20-22-31)40(8-3)9-4/h6-7,12-14,17-22,28,32-35,44H,1-2,8-11,15-16,23-27H2,3-5H3/t28?,32-,33+,34+,35?,39?/m1/s1. The molecule has 2 aromatic rings. The maximum atomic E-state index is 15.1. The molecule has 2 aromatic carbocycles. The number of nitrogens with zero attached hydrogens (tertiary/aromatic N) is 4. The van der Waals surface area contributed by atoms with Crippen molar-refractivity contribution in [3.05, 3.63) is 79.9 Å². The molecule has 1 spiro atoms. The smallest absolute Gasteiger partial charge is 0.251 e.